The number of carbonyl (C=O) groups excluding carboxylic acids is 1. The van der Waals surface area contributed by atoms with Gasteiger partial charge in [-0.15, -0.1) is 0 Å². The number of aliphatic hydroxyl groups excluding tert-OH is 1. The summed E-state index contributed by atoms with van der Waals surface area (Å²) >= 11 is 0. The van der Waals surface area contributed by atoms with Crippen molar-refractivity contribution in [3.63, 3.8) is 0 Å². The van der Waals surface area contributed by atoms with E-state index in [4.69, 9.17) is 18.5 Å². The highest BCUT2D eigenvalue weighted by Crippen LogP contribution is 2.48. The molecular weight excluding hydrogens is 570 g/mol. The second-order valence-electron chi connectivity index (χ2n) is 11.0. The van der Waals surface area contributed by atoms with Crippen LogP contribution in [0, 0.1) is 6.92 Å². The monoisotopic (exact) mass is 606 g/mol. The molecule has 0 amide bonds. The molecule has 228 valence electrons. The van der Waals surface area contributed by atoms with Gasteiger partial charge >= 0.3 is 13.7 Å². The van der Waals surface area contributed by atoms with E-state index >= 15 is 4.39 Å². The average molecular weight is 607 g/mol. The molecule has 1 aliphatic carbocycles. The zero-order chi connectivity index (χ0) is 30.2. The second kappa shape index (κ2) is 11.8. The fourth-order valence-corrected chi connectivity index (χ4v) is 6.08. The Kier molecular flexibility index (Phi) is 8.55. The summed E-state index contributed by atoms with van der Waals surface area (Å²) in [5.41, 5.74) is -1.52. The number of aromatic nitrogens is 4. The standard InChI is InChI=1S/C27H36FN6O7P/c1-15(2)39-25(36)16(3)33-42(37,41-19-9-7-6-8-10-19)38-13-20-22(35)27(5,28)26(40-20)34-14-29-21-23(32-18-11-12-18)30-17(4)31-24(21)34/h6-10,14-16,18,20,22,26,35H,11-13H2,1-5H3,(H,33,37)(H,30,31,32)/t16-,20-,22-,26-,27-,42-/m1/s1. The first-order chi connectivity index (χ1) is 19.9. The van der Waals surface area contributed by atoms with E-state index in [0.717, 1.165) is 12.8 Å². The number of hydrogen-bond donors (Lipinski definition) is 3. The molecule has 3 heterocycles. The Morgan fingerprint density at radius 1 is 1.26 bits per heavy atom. The summed E-state index contributed by atoms with van der Waals surface area (Å²) in [7, 11) is -4.27. The number of imidazole rings is 1. The van der Waals surface area contributed by atoms with Gasteiger partial charge in [0.2, 0.25) is 0 Å². The molecule has 0 unspecified atom stereocenters. The molecule has 3 N–H and O–H groups in total. The molecule has 0 spiro atoms. The first-order valence-corrected chi connectivity index (χ1v) is 15.4. The summed E-state index contributed by atoms with van der Waals surface area (Å²) in [5.74, 6) is 0.544. The van der Waals surface area contributed by atoms with E-state index in [9.17, 15) is 14.5 Å². The third-order valence-corrected chi connectivity index (χ3v) is 8.50. The fourth-order valence-electron chi connectivity index (χ4n) is 4.58. The largest absolute Gasteiger partial charge is 0.462 e. The van der Waals surface area contributed by atoms with E-state index in [0.29, 0.717) is 28.8 Å². The second-order valence-corrected chi connectivity index (χ2v) is 12.7. The lowest BCUT2D eigenvalue weighted by Crippen LogP contribution is -2.41. The number of ether oxygens (including phenoxy) is 2. The number of alkyl halides is 1. The molecule has 2 aromatic heterocycles. The first-order valence-electron chi connectivity index (χ1n) is 13.8. The molecule has 1 aliphatic heterocycles. The van der Waals surface area contributed by atoms with E-state index in [1.54, 1.807) is 51.1 Å². The van der Waals surface area contributed by atoms with Crippen molar-refractivity contribution in [1.29, 1.82) is 0 Å². The minimum Gasteiger partial charge on any atom is -0.462 e. The van der Waals surface area contributed by atoms with Crippen LogP contribution in [0.2, 0.25) is 0 Å². The van der Waals surface area contributed by atoms with Crippen molar-refractivity contribution in [2.75, 3.05) is 11.9 Å². The molecule has 42 heavy (non-hydrogen) atoms. The number of halogens is 1. The van der Waals surface area contributed by atoms with E-state index in [1.807, 2.05) is 0 Å². The van der Waals surface area contributed by atoms with Gasteiger partial charge in [0.05, 0.1) is 19.0 Å². The van der Waals surface area contributed by atoms with Gasteiger partial charge in [-0.3, -0.25) is 13.9 Å². The normalized spacial score (nSPS) is 26.2. The third-order valence-electron chi connectivity index (χ3n) is 6.86. The summed E-state index contributed by atoms with van der Waals surface area (Å²) in [5, 5.41) is 16.9. The van der Waals surface area contributed by atoms with Gasteiger partial charge in [0, 0.05) is 6.04 Å². The number of rotatable bonds is 12. The number of fused-ring (bicyclic) bond motifs is 1. The van der Waals surface area contributed by atoms with Crippen molar-refractivity contribution in [1.82, 2.24) is 24.6 Å². The smallest absolute Gasteiger partial charge is 0.459 e. The van der Waals surface area contributed by atoms with E-state index < -0.39 is 56.6 Å². The van der Waals surface area contributed by atoms with Crippen LogP contribution >= 0.6 is 7.75 Å². The van der Waals surface area contributed by atoms with Crippen LogP contribution < -0.4 is 14.9 Å². The molecule has 3 aromatic rings. The maximum Gasteiger partial charge on any atom is 0.459 e. The molecule has 0 radical (unpaired) electrons. The van der Waals surface area contributed by atoms with Gasteiger partial charge in [0.15, 0.2) is 28.9 Å². The number of para-hydroxylation sites is 1. The summed E-state index contributed by atoms with van der Waals surface area (Å²) < 4.78 is 53.8. The van der Waals surface area contributed by atoms with Gasteiger partial charge in [-0.05, 0) is 59.6 Å². The molecule has 15 heteroatoms. The minimum absolute atomic E-state index is 0.203. The van der Waals surface area contributed by atoms with Crippen LogP contribution in [0.3, 0.4) is 0 Å². The summed E-state index contributed by atoms with van der Waals surface area (Å²) in [6, 6.07) is 7.44. The highest BCUT2D eigenvalue weighted by molar-refractivity contribution is 7.52. The predicted molar refractivity (Wildman–Crippen MR) is 151 cm³/mol. The summed E-state index contributed by atoms with van der Waals surface area (Å²) in [6.07, 6.45) is -1.23. The maximum absolute atomic E-state index is 16.1. The van der Waals surface area contributed by atoms with Crippen LogP contribution in [0.4, 0.5) is 10.2 Å². The number of carbonyl (C=O) groups is 1. The average Bonchev–Trinajstić information content (AvgIpc) is 3.59. The van der Waals surface area contributed by atoms with Gasteiger partial charge in [-0.25, -0.2) is 23.9 Å². The van der Waals surface area contributed by atoms with Crippen molar-refractivity contribution in [2.45, 2.75) is 89.8 Å². The topological polar surface area (TPSA) is 159 Å². The Morgan fingerprint density at radius 3 is 2.64 bits per heavy atom. The first kappa shape index (κ1) is 30.3. The molecule has 6 atom stereocenters. The highest BCUT2D eigenvalue weighted by atomic mass is 31.2. The zero-order valence-electron chi connectivity index (χ0n) is 24.1. The molecular formula is C27H36FN6O7P. The lowest BCUT2D eigenvalue weighted by atomic mass is 9.98. The number of benzene rings is 1. The van der Waals surface area contributed by atoms with Gasteiger partial charge < -0.3 is 24.4 Å². The Hall–Kier alpha value is -3.16. The van der Waals surface area contributed by atoms with Crippen molar-refractivity contribution >= 4 is 30.7 Å². The molecule has 2 fully saturated rings. The van der Waals surface area contributed by atoms with Gasteiger partial charge in [-0.1, -0.05) is 18.2 Å². The van der Waals surface area contributed by atoms with Gasteiger partial charge in [0.25, 0.3) is 0 Å². The third kappa shape index (κ3) is 6.57. The van der Waals surface area contributed by atoms with Crippen LogP contribution in [0.15, 0.2) is 36.7 Å². The molecule has 1 saturated heterocycles. The fraction of sp³-hybridized carbons (Fsp3) is 0.556. The number of anilines is 1. The van der Waals surface area contributed by atoms with E-state index in [-0.39, 0.29) is 5.75 Å². The van der Waals surface area contributed by atoms with Crippen LogP contribution in [0.1, 0.15) is 52.6 Å². The Labute approximate surface area is 242 Å². The molecule has 1 saturated carbocycles. The number of aliphatic hydroxyl groups is 1. The number of nitrogens with zero attached hydrogens (tertiary/aromatic N) is 4. The number of nitrogens with one attached hydrogen (secondary N) is 2. The van der Waals surface area contributed by atoms with E-state index in [1.165, 1.54) is 24.7 Å². The van der Waals surface area contributed by atoms with Crippen LogP contribution in [-0.2, 0) is 23.4 Å². The van der Waals surface area contributed by atoms with Crippen molar-refractivity contribution in [3.8, 4) is 5.75 Å². The highest BCUT2D eigenvalue weighted by Gasteiger charge is 2.56. The minimum atomic E-state index is -4.27. The van der Waals surface area contributed by atoms with Crippen LogP contribution in [0.5, 0.6) is 5.75 Å². The molecule has 5 rings (SSSR count). The molecule has 1 aromatic carbocycles. The molecule has 2 aliphatic rings. The predicted octanol–water partition coefficient (Wildman–Crippen LogP) is 3.83. The SMILES string of the molecule is Cc1nc(NC2CC2)c2ncn([C@@H]3O[C@H](CO[P@](=O)(N[C@H](C)C(=O)OC(C)C)Oc4ccccc4)[C@@H](O)[C@@]3(C)F)c2n1. The van der Waals surface area contributed by atoms with E-state index in [2.05, 4.69) is 25.4 Å². The van der Waals surface area contributed by atoms with Gasteiger partial charge in [0.1, 0.15) is 29.8 Å². The Balaban J connectivity index is 1.36. The quantitative estimate of drug-likeness (QED) is 0.202. The summed E-state index contributed by atoms with van der Waals surface area (Å²) in [4.78, 5) is 25.7. The number of esters is 1. The molecule has 0 bridgehead atoms. The Morgan fingerprint density at radius 2 is 1.98 bits per heavy atom. The van der Waals surface area contributed by atoms with Crippen molar-refractivity contribution < 1.29 is 37.4 Å². The van der Waals surface area contributed by atoms with Crippen molar-refractivity contribution in [2.24, 2.45) is 0 Å². The van der Waals surface area contributed by atoms with Crippen molar-refractivity contribution in [3.05, 3.63) is 42.5 Å². The van der Waals surface area contributed by atoms with Crippen LogP contribution in [0.25, 0.3) is 11.2 Å². The van der Waals surface area contributed by atoms with Crippen LogP contribution in [-0.4, -0.2) is 73.3 Å². The lowest BCUT2D eigenvalue weighted by molar-refractivity contribution is -0.149. The summed E-state index contributed by atoms with van der Waals surface area (Å²) in [6.45, 7) is 7.21. The number of hydrogen-bond acceptors (Lipinski definition) is 11. The molecule has 13 nitrogen and oxygen atoms in total. The number of aryl methyl sites for hydroxylation is 1. The maximum atomic E-state index is 16.1. The zero-order valence-corrected chi connectivity index (χ0v) is 25.0. The Bertz CT molecular complexity index is 1470. The van der Waals surface area contributed by atoms with Gasteiger partial charge in [-0.2, -0.15) is 5.09 Å². The lowest BCUT2D eigenvalue weighted by Gasteiger charge is -2.25.